The van der Waals surface area contributed by atoms with Crippen LogP contribution >= 0.6 is 0 Å². The molecule has 0 aromatic carbocycles. The first kappa shape index (κ1) is 27.7. The van der Waals surface area contributed by atoms with E-state index in [0.29, 0.717) is 66.3 Å². The number of hydrogen-bond acceptors (Lipinski definition) is 8. The molecule has 3 rings (SSSR count). The third-order valence-corrected chi connectivity index (χ3v) is 7.67. The molecule has 0 saturated heterocycles. The molecule has 200 valence electrons. The van der Waals surface area contributed by atoms with Gasteiger partial charge in [-0.05, 0) is 81.5 Å². The molecule has 0 aliphatic heterocycles. The first-order valence-corrected chi connectivity index (χ1v) is 12.9. The van der Waals surface area contributed by atoms with Crippen molar-refractivity contribution in [1.29, 1.82) is 0 Å². The van der Waals surface area contributed by atoms with Crippen LogP contribution in [0.5, 0.6) is 0 Å². The molecule has 6 atom stereocenters. The summed E-state index contributed by atoms with van der Waals surface area (Å²) in [5, 5.41) is 2.60. The topological polar surface area (TPSA) is 117 Å². The standard InChI is InChI=1S/C27H39NO8/c1-16(2)25(30)33-8-5-6-24(29)35-15-20-12-19-13-22(20)23-11-18(10-21(19)23)14-36-27(32)28-7-9-34-26(31)17(3)4/h18-23H,1,3,5-15H2,2,4H3,(H,28,32). The zero-order valence-electron chi connectivity index (χ0n) is 21.4. The van der Waals surface area contributed by atoms with E-state index in [1.165, 1.54) is 6.42 Å². The lowest BCUT2D eigenvalue weighted by molar-refractivity contribution is -0.147. The number of alkyl carbamates (subject to hydrolysis) is 1. The van der Waals surface area contributed by atoms with E-state index in [0.717, 1.165) is 19.3 Å². The van der Waals surface area contributed by atoms with Crippen molar-refractivity contribution in [1.82, 2.24) is 5.32 Å². The van der Waals surface area contributed by atoms with Crippen LogP contribution in [0, 0.1) is 35.5 Å². The fourth-order valence-electron chi connectivity index (χ4n) is 6.09. The summed E-state index contributed by atoms with van der Waals surface area (Å²) in [6.07, 6.45) is 4.57. The van der Waals surface area contributed by atoms with Gasteiger partial charge in [0.1, 0.15) is 6.61 Å². The molecule has 3 fully saturated rings. The Morgan fingerprint density at radius 2 is 1.44 bits per heavy atom. The smallest absolute Gasteiger partial charge is 0.407 e. The van der Waals surface area contributed by atoms with Crippen molar-refractivity contribution in [3.05, 3.63) is 24.3 Å². The quantitative estimate of drug-likeness (QED) is 0.175. The average molecular weight is 506 g/mol. The van der Waals surface area contributed by atoms with Crippen molar-refractivity contribution < 1.29 is 38.1 Å². The lowest BCUT2D eigenvalue weighted by Gasteiger charge is -2.31. The molecular formula is C27H39NO8. The second-order valence-electron chi connectivity index (χ2n) is 10.5. The number of rotatable bonds is 13. The molecule has 6 unspecified atom stereocenters. The van der Waals surface area contributed by atoms with Gasteiger partial charge in [0, 0.05) is 17.6 Å². The summed E-state index contributed by atoms with van der Waals surface area (Å²) in [5.74, 6) is 2.06. The monoisotopic (exact) mass is 505 g/mol. The fourth-order valence-corrected chi connectivity index (χ4v) is 6.09. The third-order valence-electron chi connectivity index (χ3n) is 7.67. The summed E-state index contributed by atoms with van der Waals surface area (Å²) >= 11 is 0. The molecule has 9 heteroatoms. The number of esters is 3. The van der Waals surface area contributed by atoms with E-state index in [1.54, 1.807) is 13.8 Å². The lowest BCUT2D eigenvalue weighted by Crippen LogP contribution is -2.30. The highest BCUT2D eigenvalue weighted by atomic mass is 16.6. The molecule has 0 aromatic rings. The Morgan fingerprint density at radius 3 is 2.14 bits per heavy atom. The Kier molecular flexibility index (Phi) is 9.96. The predicted octanol–water partition coefficient (Wildman–Crippen LogP) is 3.57. The summed E-state index contributed by atoms with van der Waals surface area (Å²) in [4.78, 5) is 46.7. The van der Waals surface area contributed by atoms with E-state index in [1.807, 2.05) is 0 Å². The third kappa shape index (κ3) is 7.58. The summed E-state index contributed by atoms with van der Waals surface area (Å²) < 4.78 is 20.9. The van der Waals surface area contributed by atoms with Gasteiger partial charge in [0.05, 0.1) is 26.4 Å². The number of carbonyl (C=O) groups is 4. The second kappa shape index (κ2) is 12.9. The SMILES string of the molecule is C=C(C)C(=O)OCCCC(=O)OCC1CC2CC1C1CC(COC(=O)NCCOC(=O)C(=C)C)CC21. The van der Waals surface area contributed by atoms with Gasteiger partial charge in [0.2, 0.25) is 0 Å². The first-order valence-electron chi connectivity index (χ1n) is 12.9. The van der Waals surface area contributed by atoms with Crippen LogP contribution in [0.2, 0.25) is 0 Å². The van der Waals surface area contributed by atoms with E-state index in [2.05, 4.69) is 18.5 Å². The second-order valence-corrected chi connectivity index (χ2v) is 10.5. The van der Waals surface area contributed by atoms with Crippen LogP contribution in [-0.2, 0) is 33.3 Å². The summed E-state index contributed by atoms with van der Waals surface area (Å²) in [6, 6.07) is 0. The van der Waals surface area contributed by atoms with Gasteiger partial charge in [-0.2, -0.15) is 0 Å². The van der Waals surface area contributed by atoms with Crippen molar-refractivity contribution >= 4 is 24.0 Å². The summed E-state index contributed by atoms with van der Waals surface area (Å²) in [7, 11) is 0. The maximum Gasteiger partial charge on any atom is 0.407 e. The van der Waals surface area contributed by atoms with Gasteiger partial charge in [0.25, 0.3) is 0 Å². The molecule has 3 saturated carbocycles. The Labute approximate surface area is 212 Å². The zero-order valence-corrected chi connectivity index (χ0v) is 21.4. The predicted molar refractivity (Wildman–Crippen MR) is 130 cm³/mol. The van der Waals surface area contributed by atoms with E-state index in [9.17, 15) is 19.2 Å². The highest BCUT2D eigenvalue weighted by Gasteiger charge is 2.56. The molecule has 9 nitrogen and oxygen atoms in total. The normalized spacial score (nSPS) is 27.6. The van der Waals surface area contributed by atoms with Crippen LogP contribution in [0.25, 0.3) is 0 Å². The van der Waals surface area contributed by atoms with Gasteiger partial charge in [0.15, 0.2) is 0 Å². The molecule has 1 N–H and O–H groups in total. The molecular weight excluding hydrogens is 466 g/mol. The molecule has 36 heavy (non-hydrogen) atoms. The molecule has 0 aromatic heterocycles. The Hall–Kier alpha value is -2.84. The van der Waals surface area contributed by atoms with E-state index in [4.69, 9.17) is 18.9 Å². The minimum atomic E-state index is -0.499. The van der Waals surface area contributed by atoms with Crippen molar-refractivity contribution in [2.45, 2.75) is 52.4 Å². The van der Waals surface area contributed by atoms with Gasteiger partial charge < -0.3 is 24.3 Å². The van der Waals surface area contributed by atoms with Gasteiger partial charge in [-0.25, -0.2) is 14.4 Å². The number of hydrogen-bond donors (Lipinski definition) is 1. The largest absolute Gasteiger partial charge is 0.465 e. The number of amides is 1. The van der Waals surface area contributed by atoms with E-state index in [-0.39, 0.29) is 32.1 Å². The van der Waals surface area contributed by atoms with Crippen LogP contribution in [0.4, 0.5) is 4.79 Å². The molecule has 1 amide bonds. The molecule has 3 aliphatic rings. The Balaban J connectivity index is 1.29. The maximum atomic E-state index is 12.1. The first-order chi connectivity index (χ1) is 17.2. The molecule has 0 heterocycles. The summed E-state index contributed by atoms with van der Waals surface area (Å²) in [5.41, 5.74) is 0.660. The average Bonchev–Trinajstić information content (AvgIpc) is 3.53. The van der Waals surface area contributed by atoms with Crippen LogP contribution in [0.3, 0.4) is 0 Å². The number of carbonyl (C=O) groups excluding carboxylic acids is 4. The highest BCUT2D eigenvalue weighted by molar-refractivity contribution is 5.87. The van der Waals surface area contributed by atoms with Crippen molar-refractivity contribution in [2.75, 3.05) is 33.0 Å². The van der Waals surface area contributed by atoms with Crippen LogP contribution in [0.15, 0.2) is 24.3 Å². The lowest BCUT2D eigenvalue weighted by atomic mass is 9.76. The molecule has 0 spiro atoms. The zero-order chi connectivity index (χ0) is 26.2. The van der Waals surface area contributed by atoms with Crippen LogP contribution in [0.1, 0.15) is 52.4 Å². The fraction of sp³-hybridized carbons (Fsp3) is 0.704. The highest BCUT2D eigenvalue weighted by Crippen LogP contribution is 2.62. The van der Waals surface area contributed by atoms with Gasteiger partial charge in [-0.3, -0.25) is 4.79 Å². The Bertz CT molecular complexity index is 868. The van der Waals surface area contributed by atoms with Gasteiger partial charge >= 0.3 is 24.0 Å². The van der Waals surface area contributed by atoms with Gasteiger partial charge in [-0.1, -0.05) is 13.2 Å². The minimum Gasteiger partial charge on any atom is -0.465 e. The number of ether oxygens (including phenoxy) is 4. The van der Waals surface area contributed by atoms with E-state index < -0.39 is 18.0 Å². The van der Waals surface area contributed by atoms with E-state index >= 15 is 0 Å². The van der Waals surface area contributed by atoms with Crippen molar-refractivity contribution in [3.63, 3.8) is 0 Å². The minimum absolute atomic E-state index is 0.0755. The summed E-state index contributed by atoms with van der Waals surface area (Å²) in [6.45, 7) is 11.5. The van der Waals surface area contributed by atoms with Crippen LogP contribution < -0.4 is 5.32 Å². The maximum absolute atomic E-state index is 12.1. The molecule has 0 radical (unpaired) electrons. The Morgan fingerprint density at radius 1 is 0.778 bits per heavy atom. The molecule has 2 bridgehead atoms. The number of nitrogens with one attached hydrogen (secondary N) is 1. The van der Waals surface area contributed by atoms with Crippen molar-refractivity contribution in [2.24, 2.45) is 35.5 Å². The molecule has 3 aliphatic carbocycles. The number of fused-ring (bicyclic) bond motifs is 5. The van der Waals surface area contributed by atoms with Gasteiger partial charge in [-0.15, -0.1) is 0 Å². The van der Waals surface area contributed by atoms with Crippen molar-refractivity contribution in [3.8, 4) is 0 Å². The van der Waals surface area contributed by atoms with Crippen LogP contribution in [-0.4, -0.2) is 57.0 Å².